The van der Waals surface area contributed by atoms with Crippen LogP contribution in [-0.2, 0) is 4.74 Å². The average molecular weight is 358 g/mol. The first-order valence-electron chi connectivity index (χ1n) is 9.12. The minimum Gasteiger partial charge on any atom is -0.462 e. The Bertz CT molecular complexity index is 719. The molecule has 1 amide bonds. The van der Waals surface area contributed by atoms with Crippen molar-refractivity contribution in [2.45, 2.75) is 40.0 Å². The number of carbonyl (C=O) groups excluding carboxylic acids is 2. The summed E-state index contributed by atoms with van der Waals surface area (Å²) < 4.78 is 10.6. The molecule has 0 radical (unpaired) electrons. The van der Waals surface area contributed by atoms with Gasteiger partial charge in [-0.25, -0.2) is 9.78 Å². The summed E-state index contributed by atoms with van der Waals surface area (Å²) in [6.45, 7) is 7.68. The first-order valence-corrected chi connectivity index (χ1v) is 9.12. The number of oxazole rings is 1. The number of hydrogen-bond donors (Lipinski definition) is 0. The van der Waals surface area contributed by atoms with E-state index in [-0.39, 0.29) is 5.91 Å². The van der Waals surface area contributed by atoms with Gasteiger partial charge in [-0.1, -0.05) is 20.8 Å². The Hall–Kier alpha value is -2.63. The number of benzene rings is 1. The number of carbonyl (C=O) groups is 2. The number of rotatable bonds is 9. The van der Waals surface area contributed by atoms with E-state index in [0.717, 1.165) is 19.3 Å². The molecule has 0 aliphatic carbocycles. The summed E-state index contributed by atoms with van der Waals surface area (Å²) >= 11 is 0. The van der Waals surface area contributed by atoms with Crippen LogP contribution in [0.5, 0.6) is 0 Å². The lowest BCUT2D eigenvalue weighted by atomic mass is 10.0. The van der Waals surface area contributed by atoms with Gasteiger partial charge in [0, 0.05) is 24.2 Å². The standard InChI is InChI=1S/C20H26N2O4/c1-4-8-22(9-5-2)19(23)16-12-15(18-21-7-11-25-18)13-17(14-16)20(24)26-10-6-3/h7,11-14H,4-6,8-10H2,1-3H3. The summed E-state index contributed by atoms with van der Waals surface area (Å²) in [7, 11) is 0. The summed E-state index contributed by atoms with van der Waals surface area (Å²) in [5.74, 6) is -0.194. The van der Waals surface area contributed by atoms with E-state index in [4.69, 9.17) is 9.15 Å². The largest absolute Gasteiger partial charge is 0.462 e. The van der Waals surface area contributed by atoms with E-state index in [9.17, 15) is 9.59 Å². The van der Waals surface area contributed by atoms with Crippen LogP contribution in [0.25, 0.3) is 11.5 Å². The molecule has 0 fully saturated rings. The van der Waals surface area contributed by atoms with Crippen LogP contribution in [0.15, 0.2) is 35.1 Å². The van der Waals surface area contributed by atoms with E-state index >= 15 is 0 Å². The van der Waals surface area contributed by atoms with E-state index in [2.05, 4.69) is 4.98 Å². The van der Waals surface area contributed by atoms with Gasteiger partial charge in [-0.3, -0.25) is 4.79 Å². The highest BCUT2D eigenvalue weighted by molar-refractivity contribution is 5.99. The van der Waals surface area contributed by atoms with Gasteiger partial charge in [0.15, 0.2) is 0 Å². The predicted octanol–water partition coefficient (Wildman–Crippen LogP) is 4.17. The molecule has 2 aromatic rings. The molecule has 2 rings (SSSR count). The zero-order valence-electron chi connectivity index (χ0n) is 15.7. The molecule has 1 aromatic carbocycles. The number of ether oxygens (including phenoxy) is 1. The molecular formula is C20H26N2O4. The molecule has 0 bridgehead atoms. The molecule has 6 heteroatoms. The van der Waals surface area contributed by atoms with Crippen molar-refractivity contribution in [1.82, 2.24) is 9.88 Å². The van der Waals surface area contributed by atoms with Gasteiger partial charge in [0.1, 0.15) is 6.26 Å². The topological polar surface area (TPSA) is 72.6 Å². The second-order valence-corrected chi connectivity index (χ2v) is 6.06. The number of hydrogen-bond acceptors (Lipinski definition) is 5. The maximum Gasteiger partial charge on any atom is 0.338 e. The fourth-order valence-electron chi connectivity index (χ4n) is 2.67. The van der Waals surface area contributed by atoms with E-state index < -0.39 is 5.97 Å². The van der Waals surface area contributed by atoms with Crippen molar-refractivity contribution in [2.75, 3.05) is 19.7 Å². The van der Waals surface area contributed by atoms with Gasteiger partial charge in [-0.15, -0.1) is 0 Å². The molecule has 6 nitrogen and oxygen atoms in total. The third-order valence-electron chi connectivity index (χ3n) is 3.81. The van der Waals surface area contributed by atoms with E-state index in [1.807, 2.05) is 20.8 Å². The number of amides is 1. The summed E-state index contributed by atoms with van der Waals surface area (Å²) in [6.07, 6.45) is 5.46. The van der Waals surface area contributed by atoms with Crippen molar-refractivity contribution >= 4 is 11.9 Å². The van der Waals surface area contributed by atoms with Gasteiger partial charge in [0.05, 0.1) is 18.4 Å². The Morgan fingerprint density at radius 2 is 1.73 bits per heavy atom. The van der Waals surface area contributed by atoms with Gasteiger partial charge in [-0.05, 0) is 37.5 Å². The molecule has 0 atom stereocenters. The maximum atomic E-state index is 13.0. The fraction of sp³-hybridized carbons (Fsp3) is 0.450. The van der Waals surface area contributed by atoms with Crippen LogP contribution in [0.2, 0.25) is 0 Å². The van der Waals surface area contributed by atoms with Crippen LogP contribution in [0, 0.1) is 0 Å². The van der Waals surface area contributed by atoms with Crippen LogP contribution in [0.4, 0.5) is 0 Å². The highest BCUT2D eigenvalue weighted by atomic mass is 16.5. The zero-order chi connectivity index (χ0) is 18.9. The lowest BCUT2D eigenvalue weighted by Gasteiger charge is -2.22. The molecule has 1 aromatic heterocycles. The molecule has 1 heterocycles. The van der Waals surface area contributed by atoms with E-state index in [1.54, 1.807) is 23.1 Å². The highest BCUT2D eigenvalue weighted by Crippen LogP contribution is 2.23. The van der Waals surface area contributed by atoms with E-state index in [0.29, 0.717) is 42.3 Å². The summed E-state index contributed by atoms with van der Waals surface area (Å²) in [6, 6.07) is 4.94. The normalized spacial score (nSPS) is 10.6. The predicted molar refractivity (Wildman–Crippen MR) is 99.0 cm³/mol. The quantitative estimate of drug-likeness (QED) is 0.629. The van der Waals surface area contributed by atoms with Crippen molar-refractivity contribution in [3.8, 4) is 11.5 Å². The van der Waals surface area contributed by atoms with Crippen molar-refractivity contribution in [2.24, 2.45) is 0 Å². The van der Waals surface area contributed by atoms with Crippen molar-refractivity contribution in [3.63, 3.8) is 0 Å². The summed E-state index contributed by atoms with van der Waals surface area (Å²) in [5.41, 5.74) is 1.34. The number of esters is 1. The zero-order valence-corrected chi connectivity index (χ0v) is 15.7. The molecular weight excluding hydrogens is 332 g/mol. The first-order chi connectivity index (χ1) is 12.6. The third-order valence-corrected chi connectivity index (χ3v) is 3.81. The Morgan fingerprint density at radius 1 is 1.04 bits per heavy atom. The van der Waals surface area contributed by atoms with Crippen LogP contribution in [-0.4, -0.2) is 41.5 Å². The molecule has 26 heavy (non-hydrogen) atoms. The van der Waals surface area contributed by atoms with Gasteiger partial charge < -0.3 is 14.1 Å². The second-order valence-electron chi connectivity index (χ2n) is 6.06. The lowest BCUT2D eigenvalue weighted by molar-refractivity contribution is 0.0505. The monoisotopic (exact) mass is 358 g/mol. The average Bonchev–Trinajstić information content (AvgIpc) is 3.19. The van der Waals surface area contributed by atoms with Crippen molar-refractivity contribution in [3.05, 3.63) is 41.8 Å². The second kappa shape index (κ2) is 9.75. The van der Waals surface area contributed by atoms with Gasteiger partial charge >= 0.3 is 5.97 Å². The molecule has 0 saturated heterocycles. The molecule has 0 saturated carbocycles. The molecule has 0 aliphatic rings. The molecule has 0 unspecified atom stereocenters. The van der Waals surface area contributed by atoms with Gasteiger partial charge in [-0.2, -0.15) is 0 Å². The van der Waals surface area contributed by atoms with Crippen LogP contribution >= 0.6 is 0 Å². The molecule has 140 valence electrons. The smallest absolute Gasteiger partial charge is 0.338 e. The van der Waals surface area contributed by atoms with E-state index in [1.165, 1.54) is 12.5 Å². The SMILES string of the molecule is CCCOC(=O)c1cc(C(=O)N(CCC)CCC)cc(-c2ncco2)c1. The number of nitrogens with zero attached hydrogens (tertiary/aromatic N) is 2. The van der Waals surface area contributed by atoms with Crippen LogP contribution in [0.1, 0.15) is 60.7 Å². The maximum absolute atomic E-state index is 13.0. The number of aromatic nitrogens is 1. The first kappa shape index (κ1) is 19.7. The minimum atomic E-state index is -0.452. The minimum absolute atomic E-state index is 0.105. The Balaban J connectivity index is 2.42. The molecule has 0 aliphatic heterocycles. The molecule has 0 spiro atoms. The van der Waals surface area contributed by atoms with Crippen molar-refractivity contribution in [1.29, 1.82) is 0 Å². The molecule has 0 N–H and O–H groups in total. The van der Waals surface area contributed by atoms with Gasteiger partial charge in [0.25, 0.3) is 5.91 Å². The Labute approximate surface area is 154 Å². The summed E-state index contributed by atoms with van der Waals surface area (Å²) in [5, 5.41) is 0. The summed E-state index contributed by atoms with van der Waals surface area (Å²) in [4.78, 5) is 31.2. The third kappa shape index (κ3) is 4.94. The highest BCUT2D eigenvalue weighted by Gasteiger charge is 2.19. The van der Waals surface area contributed by atoms with Crippen molar-refractivity contribution < 1.29 is 18.7 Å². The van der Waals surface area contributed by atoms with Crippen LogP contribution < -0.4 is 0 Å². The lowest BCUT2D eigenvalue weighted by Crippen LogP contribution is -2.32. The fourth-order valence-corrected chi connectivity index (χ4v) is 2.67. The Kier molecular flexibility index (Phi) is 7.38. The van der Waals surface area contributed by atoms with Crippen LogP contribution in [0.3, 0.4) is 0 Å². The van der Waals surface area contributed by atoms with Gasteiger partial charge in [0.2, 0.25) is 5.89 Å². The Morgan fingerprint density at radius 3 is 2.31 bits per heavy atom.